The van der Waals surface area contributed by atoms with Crippen molar-refractivity contribution >= 4 is 112 Å². The first kappa shape index (κ1) is 71.3. The van der Waals surface area contributed by atoms with Crippen LogP contribution in [0, 0.1) is 11.8 Å². The Morgan fingerprint density at radius 1 is 0.651 bits per heavy atom. The highest BCUT2D eigenvalue weighted by molar-refractivity contribution is 8.01. The van der Waals surface area contributed by atoms with Gasteiger partial charge in [0.2, 0.25) is 70.9 Å². The van der Waals surface area contributed by atoms with Gasteiger partial charge in [-0.1, -0.05) is 64.4 Å². The minimum Gasteiger partial charge on any atom is -0.481 e. The molecular formula is C52H78N12O17S2. The molecule has 1 aromatic carbocycles. The summed E-state index contributed by atoms with van der Waals surface area (Å²) < 4.78 is 0. The Morgan fingerprint density at radius 3 is 1.77 bits per heavy atom. The Morgan fingerprint density at radius 2 is 1.22 bits per heavy atom. The molecule has 29 nitrogen and oxygen atoms in total. The first-order valence-corrected chi connectivity index (χ1v) is 29.0. The van der Waals surface area contributed by atoms with E-state index in [0.717, 1.165) is 30.4 Å². The van der Waals surface area contributed by atoms with Gasteiger partial charge < -0.3 is 74.8 Å². The molecule has 1 aliphatic rings. The summed E-state index contributed by atoms with van der Waals surface area (Å²) in [6.07, 6.45) is -2.79. The quantitative estimate of drug-likeness (QED) is 0.0426. The third-order valence-electron chi connectivity index (χ3n) is 12.6. The predicted molar refractivity (Wildman–Crippen MR) is 302 cm³/mol. The lowest BCUT2D eigenvalue weighted by Crippen LogP contribution is -2.61. The van der Waals surface area contributed by atoms with Crippen molar-refractivity contribution in [1.29, 1.82) is 0 Å². The lowest BCUT2D eigenvalue weighted by molar-refractivity contribution is -0.141. The molecule has 11 atom stereocenters. The highest BCUT2D eigenvalue weighted by atomic mass is 32.2. The lowest BCUT2D eigenvalue weighted by atomic mass is 9.97. The number of nitrogens with one attached hydrogen (secondary N) is 10. The van der Waals surface area contributed by atoms with Gasteiger partial charge in [-0.15, -0.1) is 0 Å². The molecule has 1 fully saturated rings. The summed E-state index contributed by atoms with van der Waals surface area (Å²) in [6, 6.07) is -6.80. The van der Waals surface area contributed by atoms with E-state index in [-0.39, 0.29) is 24.5 Å². The second kappa shape index (κ2) is 35.9. The summed E-state index contributed by atoms with van der Waals surface area (Å²) in [4.78, 5) is 198. The number of thioether (sulfide) groups is 2. The van der Waals surface area contributed by atoms with Crippen molar-refractivity contribution in [3.8, 4) is 0 Å². The van der Waals surface area contributed by atoms with Gasteiger partial charge in [-0.3, -0.25) is 71.9 Å². The maximum absolute atomic E-state index is 14.2. The maximum Gasteiger partial charge on any atom is 0.305 e. The van der Waals surface area contributed by atoms with E-state index in [2.05, 4.69) is 53.2 Å². The van der Waals surface area contributed by atoms with E-state index >= 15 is 0 Å². The van der Waals surface area contributed by atoms with E-state index in [1.165, 1.54) is 13.8 Å². The molecule has 0 radical (unpaired) electrons. The van der Waals surface area contributed by atoms with E-state index < -0.39 is 204 Å². The van der Waals surface area contributed by atoms with Crippen LogP contribution in [-0.2, 0) is 78.3 Å². The van der Waals surface area contributed by atoms with E-state index in [1.807, 2.05) is 0 Å². The number of Topliss-reactive ketones (excluding diaryl/α,β-unsaturated/α-hetero) is 1. The summed E-state index contributed by atoms with van der Waals surface area (Å²) in [5, 5.41) is 43.6. The number of benzene rings is 1. The number of hydrogen-bond donors (Lipinski definition) is 14. The van der Waals surface area contributed by atoms with E-state index in [0.29, 0.717) is 12.0 Å². The first-order chi connectivity index (χ1) is 38.9. The van der Waals surface area contributed by atoms with Crippen LogP contribution in [0.25, 0.3) is 0 Å². The van der Waals surface area contributed by atoms with Crippen molar-refractivity contribution < 1.29 is 82.1 Å². The molecule has 1 heterocycles. The molecule has 0 bridgehead atoms. The topological polar surface area (TPSA) is 469 Å². The average Bonchev–Trinajstić information content (AvgIpc) is 3.41. The third-order valence-corrected chi connectivity index (χ3v) is 14.8. The highest BCUT2D eigenvalue weighted by Crippen LogP contribution is 2.14. The smallest absolute Gasteiger partial charge is 0.305 e. The summed E-state index contributed by atoms with van der Waals surface area (Å²) in [5.41, 5.74) is 11.5. The number of amides is 12. The first-order valence-electron chi connectivity index (χ1n) is 26.6. The SMILES string of the molecule is CCC(C)C(NC(=O)C(Cc1ccccc1)NC(=O)C(CCC(=O)O)NC(=O)C1CSCC(=O)CSCC(NC(=O)C(CC(=O)O)NC(=O)C(CC(C)C)NC(C)=O)C(=O)NC(CCC(N)=O)C(=O)NC(C)C(=O)NC(C)C(=O)N1)C(N)=O. The van der Waals surface area contributed by atoms with Crippen molar-refractivity contribution in [1.82, 2.24) is 53.2 Å². The van der Waals surface area contributed by atoms with Gasteiger partial charge >= 0.3 is 11.9 Å². The number of ketones is 1. The Balaban J connectivity index is 2.58. The molecule has 0 spiro atoms. The van der Waals surface area contributed by atoms with Crippen molar-refractivity contribution in [2.24, 2.45) is 23.3 Å². The molecule has 1 aliphatic heterocycles. The van der Waals surface area contributed by atoms with Crippen LogP contribution in [0.15, 0.2) is 30.3 Å². The fraction of sp³-hybridized carbons (Fsp3) is 0.596. The van der Waals surface area contributed by atoms with Gasteiger partial charge in [0.1, 0.15) is 60.4 Å². The Labute approximate surface area is 488 Å². The summed E-state index contributed by atoms with van der Waals surface area (Å²) >= 11 is 1.58. The molecule has 0 aromatic heterocycles. The zero-order valence-electron chi connectivity index (χ0n) is 47.3. The number of carboxylic acids is 2. The Bertz CT molecular complexity index is 2520. The largest absolute Gasteiger partial charge is 0.481 e. The Hall–Kier alpha value is -7.83. The minimum absolute atomic E-state index is 0.0889. The van der Waals surface area contributed by atoms with Gasteiger partial charge in [0, 0.05) is 37.7 Å². The van der Waals surface area contributed by atoms with Gasteiger partial charge in [0.15, 0.2) is 5.78 Å². The molecule has 460 valence electrons. The molecular weight excluding hydrogens is 1130 g/mol. The van der Waals surface area contributed by atoms with Crippen LogP contribution in [0.4, 0.5) is 0 Å². The monoisotopic (exact) mass is 1210 g/mol. The number of carboxylic acid groups (broad SMARTS) is 2. The number of rotatable bonds is 26. The van der Waals surface area contributed by atoms with Crippen LogP contribution in [0.5, 0.6) is 0 Å². The fourth-order valence-electron chi connectivity index (χ4n) is 7.90. The minimum atomic E-state index is -1.84. The van der Waals surface area contributed by atoms with Crippen LogP contribution in [0.3, 0.4) is 0 Å². The number of aliphatic carboxylic acids is 2. The molecule has 1 saturated heterocycles. The number of carbonyl (C=O) groups is 15. The summed E-state index contributed by atoms with van der Waals surface area (Å²) in [7, 11) is 0. The standard InChI is InChI=1S/C52H78N12O17S2/c1-8-26(4)42(43(54)72)64-50(79)35(19-30-12-10-9-11-13-30)60-47(76)33(15-17-40(68)69)59-51(80)37-23-82-21-31(66)22-83-24-38(63-49(78)36(20-41(70)71)61-48(77)34(18-25(2)3)57-29(7)65)52(81)58-32(14-16-39(53)67)46(75)56-27(5)44(73)55-28(6)45(74)62-37/h9-13,25-28,32-38,42H,8,14-24H2,1-7H3,(H2,53,67)(H2,54,72)(H,55,73)(H,56,75)(H,57,65)(H,58,81)(H,59,80)(H,60,76)(H,61,77)(H,62,74)(H,63,78)(H,64,79)(H,68,69)(H,70,71). The van der Waals surface area contributed by atoms with Crippen LogP contribution >= 0.6 is 23.5 Å². The Kier molecular flexibility index (Phi) is 30.8. The van der Waals surface area contributed by atoms with Crippen molar-refractivity contribution in [3.05, 3.63) is 35.9 Å². The predicted octanol–water partition coefficient (Wildman–Crippen LogP) is -3.63. The molecule has 12 amide bonds. The second-order valence-corrected chi connectivity index (χ2v) is 22.3. The van der Waals surface area contributed by atoms with Crippen LogP contribution in [0.2, 0.25) is 0 Å². The van der Waals surface area contributed by atoms with Crippen LogP contribution < -0.4 is 64.6 Å². The zero-order valence-corrected chi connectivity index (χ0v) is 48.9. The molecule has 2 rings (SSSR count). The maximum atomic E-state index is 14.2. The van der Waals surface area contributed by atoms with Gasteiger partial charge in [-0.2, -0.15) is 23.5 Å². The average molecular weight is 1210 g/mol. The van der Waals surface area contributed by atoms with Gasteiger partial charge in [-0.25, -0.2) is 0 Å². The van der Waals surface area contributed by atoms with Crippen LogP contribution in [0.1, 0.15) is 99.0 Å². The van der Waals surface area contributed by atoms with Crippen molar-refractivity contribution in [2.45, 2.75) is 160 Å². The zero-order chi connectivity index (χ0) is 62.7. The summed E-state index contributed by atoms with van der Waals surface area (Å²) in [5.74, 6) is -17.2. The number of nitrogens with two attached hydrogens (primary N) is 2. The number of hydrogen-bond acceptors (Lipinski definition) is 17. The van der Waals surface area contributed by atoms with Gasteiger partial charge in [0.05, 0.1) is 17.9 Å². The molecule has 0 saturated carbocycles. The van der Waals surface area contributed by atoms with Gasteiger partial charge in [-0.05, 0) is 50.5 Å². The molecule has 83 heavy (non-hydrogen) atoms. The van der Waals surface area contributed by atoms with Crippen molar-refractivity contribution in [3.63, 3.8) is 0 Å². The highest BCUT2D eigenvalue weighted by Gasteiger charge is 2.36. The molecule has 0 aliphatic carbocycles. The van der Waals surface area contributed by atoms with Crippen LogP contribution in [-0.4, -0.2) is 182 Å². The lowest BCUT2D eigenvalue weighted by Gasteiger charge is -2.28. The van der Waals surface area contributed by atoms with E-state index in [9.17, 15) is 82.1 Å². The van der Waals surface area contributed by atoms with Crippen molar-refractivity contribution in [2.75, 3.05) is 23.0 Å². The molecule has 16 N–H and O–H groups in total. The van der Waals surface area contributed by atoms with Gasteiger partial charge in [0.25, 0.3) is 0 Å². The summed E-state index contributed by atoms with van der Waals surface area (Å²) in [6.45, 7) is 10.5. The second-order valence-electron chi connectivity index (χ2n) is 20.3. The number of primary amides is 2. The molecule has 11 unspecified atom stereocenters. The molecule has 31 heteroatoms. The van der Waals surface area contributed by atoms with E-state index in [1.54, 1.807) is 58.0 Å². The fourth-order valence-corrected chi connectivity index (χ4v) is 9.86. The third kappa shape index (κ3) is 26.8. The van der Waals surface area contributed by atoms with E-state index in [4.69, 9.17) is 11.5 Å². The molecule has 1 aromatic rings. The normalized spacial score (nSPS) is 20.7. The number of carbonyl (C=O) groups excluding carboxylic acids is 13.